The third-order valence-corrected chi connectivity index (χ3v) is 5.50. The molecule has 0 aliphatic carbocycles. The summed E-state index contributed by atoms with van der Waals surface area (Å²) >= 11 is 0. The monoisotopic (exact) mass is 393 g/mol. The standard InChI is InChI=1S/C24H31N3O2/c1-4-5-18-6-8-19(9-7-18)20-10-12-22(13-11-20)25-23(28)21-14-16-27(17-15-21)24(29)26(2)3/h6-13,21H,4-5,14-17H2,1-3H3,(H,25,28). The molecule has 3 amide bonds. The molecule has 2 aromatic carbocycles. The van der Waals surface area contributed by atoms with Crippen LogP contribution in [0, 0.1) is 5.92 Å². The molecule has 1 fully saturated rings. The van der Waals surface area contributed by atoms with Crippen molar-refractivity contribution in [2.24, 2.45) is 5.92 Å². The lowest BCUT2D eigenvalue weighted by Gasteiger charge is -2.33. The van der Waals surface area contributed by atoms with Crippen LogP contribution in [0.25, 0.3) is 11.1 Å². The third kappa shape index (κ3) is 5.37. The summed E-state index contributed by atoms with van der Waals surface area (Å²) in [7, 11) is 3.51. The zero-order valence-electron chi connectivity index (χ0n) is 17.6. The summed E-state index contributed by atoms with van der Waals surface area (Å²) in [6.45, 7) is 3.44. The summed E-state index contributed by atoms with van der Waals surface area (Å²) in [5.74, 6) is -0.00869. The highest BCUT2D eigenvalue weighted by atomic mass is 16.2. The van der Waals surface area contributed by atoms with E-state index in [1.54, 1.807) is 19.0 Å². The van der Waals surface area contributed by atoms with Gasteiger partial charge in [-0.25, -0.2) is 4.79 Å². The van der Waals surface area contributed by atoms with Crippen LogP contribution in [0.15, 0.2) is 48.5 Å². The number of carbonyl (C=O) groups excluding carboxylic acids is 2. The summed E-state index contributed by atoms with van der Waals surface area (Å²) in [4.78, 5) is 28.0. The topological polar surface area (TPSA) is 52.7 Å². The number of carbonyl (C=O) groups is 2. The van der Waals surface area contributed by atoms with E-state index in [0.29, 0.717) is 25.9 Å². The lowest BCUT2D eigenvalue weighted by atomic mass is 9.96. The van der Waals surface area contributed by atoms with E-state index < -0.39 is 0 Å². The molecule has 0 radical (unpaired) electrons. The Hall–Kier alpha value is -2.82. The number of aryl methyl sites for hydroxylation is 1. The molecule has 0 spiro atoms. The minimum Gasteiger partial charge on any atom is -0.331 e. The van der Waals surface area contributed by atoms with Gasteiger partial charge in [-0.15, -0.1) is 0 Å². The Morgan fingerprint density at radius 2 is 1.52 bits per heavy atom. The van der Waals surface area contributed by atoms with Gasteiger partial charge in [-0.1, -0.05) is 49.7 Å². The van der Waals surface area contributed by atoms with Gasteiger partial charge >= 0.3 is 6.03 Å². The zero-order valence-corrected chi connectivity index (χ0v) is 17.6. The SMILES string of the molecule is CCCc1ccc(-c2ccc(NC(=O)C3CCN(C(=O)N(C)C)CC3)cc2)cc1. The van der Waals surface area contributed by atoms with Crippen LogP contribution in [0.2, 0.25) is 0 Å². The molecule has 2 aromatic rings. The van der Waals surface area contributed by atoms with E-state index in [1.165, 1.54) is 11.1 Å². The van der Waals surface area contributed by atoms with Crippen molar-refractivity contribution < 1.29 is 9.59 Å². The molecule has 0 unspecified atom stereocenters. The maximum Gasteiger partial charge on any atom is 0.319 e. The van der Waals surface area contributed by atoms with E-state index >= 15 is 0 Å². The normalized spacial score (nSPS) is 14.5. The summed E-state index contributed by atoms with van der Waals surface area (Å²) < 4.78 is 0. The van der Waals surface area contributed by atoms with Gasteiger partial charge in [0.25, 0.3) is 0 Å². The first-order valence-electron chi connectivity index (χ1n) is 10.4. The van der Waals surface area contributed by atoms with Crippen molar-refractivity contribution in [1.29, 1.82) is 0 Å². The number of nitrogens with zero attached hydrogens (tertiary/aromatic N) is 2. The lowest BCUT2D eigenvalue weighted by molar-refractivity contribution is -0.121. The smallest absolute Gasteiger partial charge is 0.319 e. The molecule has 5 nitrogen and oxygen atoms in total. The van der Waals surface area contributed by atoms with Crippen molar-refractivity contribution in [3.05, 3.63) is 54.1 Å². The summed E-state index contributed by atoms with van der Waals surface area (Å²) in [6, 6.07) is 16.7. The molecule has 1 aliphatic heterocycles. The second-order valence-corrected chi connectivity index (χ2v) is 7.95. The fourth-order valence-corrected chi connectivity index (χ4v) is 3.76. The number of likely N-dealkylation sites (tertiary alicyclic amines) is 1. The molecule has 0 aromatic heterocycles. The number of benzene rings is 2. The second kappa shape index (κ2) is 9.59. The number of piperidine rings is 1. The molecule has 0 saturated carbocycles. The molecule has 5 heteroatoms. The molecule has 1 heterocycles. The number of anilines is 1. The van der Waals surface area contributed by atoms with Crippen LogP contribution in [0.4, 0.5) is 10.5 Å². The van der Waals surface area contributed by atoms with Crippen LogP contribution in [0.5, 0.6) is 0 Å². The molecule has 1 saturated heterocycles. The zero-order chi connectivity index (χ0) is 20.8. The predicted molar refractivity (Wildman–Crippen MR) is 118 cm³/mol. The third-order valence-electron chi connectivity index (χ3n) is 5.50. The number of rotatable bonds is 5. The Kier molecular flexibility index (Phi) is 6.91. The number of amides is 3. The van der Waals surface area contributed by atoms with E-state index in [1.807, 2.05) is 29.2 Å². The van der Waals surface area contributed by atoms with Crippen LogP contribution in [0.1, 0.15) is 31.7 Å². The second-order valence-electron chi connectivity index (χ2n) is 7.95. The van der Waals surface area contributed by atoms with Crippen molar-refractivity contribution in [1.82, 2.24) is 9.80 Å². The number of hydrogen-bond donors (Lipinski definition) is 1. The van der Waals surface area contributed by atoms with Gasteiger partial charge in [-0.2, -0.15) is 0 Å². The van der Waals surface area contributed by atoms with Gasteiger partial charge in [0.15, 0.2) is 0 Å². The molecule has 154 valence electrons. The molecular formula is C24H31N3O2. The number of nitrogens with one attached hydrogen (secondary N) is 1. The average Bonchev–Trinajstić information content (AvgIpc) is 2.74. The van der Waals surface area contributed by atoms with Gasteiger partial charge < -0.3 is 15.1 Å². The van der Waals surface area contributed by atoms with Crippen LogP contribution >= 0.6 is 0 Å². The highest BCUT2D eigenvalue weighted by Gasteiger charge is 2.27. The summed E-state index contributed by atoms with van der Waals surface area (Å²) in [6.07, 6.45) is 3.66. The first-order chi connectivity index (χ1) is 14.0. The lowest BCUT2D eigenvalue weighted by Crippen LogP contribution is -2.45. The molecule has 1 aliphatic rings. The minimum atomic E-state index is -0.0491. The Balaban J connectivity index is 1.54. The maximum absolute atomic E-state index is 12.6. The van der Waals surface area contributed by atoms with Gasteiger partial charge in [-0.3, -0.25) is 4.79 Å². The van der Waals surface area contributed by atoms with E-state index in [2.05, 4.69) is 36.5 Å². The van der Waals surface area contributed by atoms with Crippen molar-refractivity contribution in [3.63, 3.8) is 0 Å². The fraction of sp³-hybridized carbons (Fsp3) is 0.417. The highest BCUT2D eigenvalue weighted by molar-refractivity contribution is 5.93. The van der Waals surface area contributed by atoms with E-state index in [9.17, 15) is 9.59 Å². The van der Waals surface area contributed by atoms with Crippen LogP contribution in [-0.2, 0) is 11.2 Å². The number of hydrogen-bond acceptors (Lipinski definition) is 2. The Labute approximate surface area is 173 Å². The van der Waals surface area contributed by atoms with Gasteiger partial charge in [0.2, 0.25) is 5.91 Å². The van der Waals surface area contributed by atoms with Crippen LogP contribution in [0.3, 0.4) is 0 Å². The first kappa shape index (κ1) is 20.9. The van der Waals surface area contributed by atoms with E-state index in [-0.39, 0.29) is 17.9 Å². The predicted octanol–water partition coefficient (Wildman–Crippen LogP) is 4.64. The van der Waals surface area contributed by atoms with E-state index in [4.69, 9.17) is 0 Å². The molecule has 3 rings (SSSR count). The molecule has 29 heavy (non-hydrogen) atoms. The summed E-state index contributed by atoms with van der Waals surface area (Å²) in [5.41, 5.74) is 4.49. The van der Waals surface area contributed by atoms with Crippen molar-refractivity contribution >= 4 is 17.6 Å². The highest BCUT2D eigenvalue weighted by Crippen LogP contribution is 2.24. The average molecular weight is 394 g/mol. The quantitative estimate of drug-likeness (QED) is 0.805. The first-order valence-corrected chi connectivity index (χ1v) is 10.4. The Bertz CT molecular complexity index is 820. The fourth-order valence-electron chi connectivity index (χ4n) is 3.76. The number of urea groups is 1. The van der Waals surface area contributed by atoms with Crippen molar-refractivity contribution in [2.75, 3.05) is 32.5 Å². The van der Waals surface area contributed by atoms with Gasteiger partial charge in [0.1, 0.15) is 0 Å². The van der Waals surface area contributed by atoms with Gasteiger partial charge in [0.05, 0.1) is 0 Å². The molecule has 0 bridgehead atoms. The molecular weight excluding hydrogens is 362 g/mol. The Morgan fingerprint density at radius 1 is 0.966 bits per heavy atom. The van der Waals surface area contributed by atoms with Gasteiger partial charge in [0, 0.05) is 38.8 Å². The maximum atomic E-state index is 12.6. The molecule has 1 N–H and O–H groups in total. The summed E-state index contributed by atoms with van der Waals surface area (Å²) in [5, 5.41) is 3.03. The Morgan fingerprint density at radius 3 is 2.03 bits per heavy atom. The van der Waals surface area contributed by atoms with Crippen molar-refractivity contribution in [3.8, 4) is 11.1 Å². The molecule has 0 atom stereocenters. The van der Waals surface area contributed by atoms with E-state index in [0.717, 1.165) is 24.1 Å². The van der Waals surface area contributed by atoms with Crippen LogP contribution in [-0.4, -0.2) is 48.9 Å². The minimum absolute atomic E-state index is 0.0159. The largest absolute Gasteiger partial charge is 0.331 e. The van der Waals surface area contributed by atoms with Gasteiger partial charge in [-0.05, 0) is 48.1 Å². The van der Waals surface area contributed by atoms with Crippen molar-refractivity contribution in [2.45, 2.75) is 32.6 Å². The van der Waals surface area contributed by atoms with Crippen LogP contribution < -0.4 is 5.32 Å².